The monoisotopic (exact) mass is 244 g/mol. The van der Waals surface area contributed by atoms with Crippen LogP contribution in [-0.4, -0.2) is 10.1 Å². The third-order valence-corrected chi connectivity index (χ3v) is 3.66. The Hall–Kier alpha value is -1.94. The van der Waals surface area contributed by atoms with Crippen LogP contribution in [0.1, 0.15) is 0 Å². The molecule has 0 spiro atoms. The number of hydrogen-bond donors (Lipinski definition) is 1. The standard InChI is InChI=1S/C13H8FNOS/c14-13-6-9(3-4-15-13)11-5-8-1-2-10(16)7-12(8)17-11/h1-7,16H/i14-1. The lowest BCUT2D eigenvalue weighted by Crippen LogP contribution is -1.80. The highest BCUT2D eigenvalue weighted by Gasteiger charge is 2.06. The van der Waals surface area contributed by atoms with Gasteiger partial charge in [0.2, 0.25) is 5.95 Å². The van der Waals surface area contributed by atoms with Gasteiger partial charge in [-0.1, -0.05) is 0 Å². The van der Waals surface area contributed by atoms with Crippen LogP contribution in [0, 0.1) is 5.95 Å². The van der Waals surface area contributed by atoms with E-state index in [9.17, 15) is 9.50 Å². The smallest absolute Gasteiger partial charge is 0.213 e. The molecule has 1 aromatic carbocycles. The van der Waals surface area contributed by atoms with Crippen molar-refractivity contribution >= 4 is 21.4 Å². The summed E-state index contributed by atoms with van der Waals surface area (Å²) in [6, 6.07) is 10.4. The SMILES string of the molecule is Oc1ccc2cc(-c3ccnc([18F])c3)sc2c1. The van der Waals surface area contributed by atoms with Crippen molar-refractivity contribution in [2.45, 2.75) is 0 Å². The minimum absolute atomic E-state index is 0.242. The number of halogens is 1. The average Bonchev–Trinajstić information content (AvgIpc) is 2.72. The first-order chi connectivity index (χ1) is 8.22. The van der Waals surface area contributed by atoms with Gasteiger partial charge in [0.15, 0.2) is 0 Å². The normalized spacial score (nSPS) is 10.9. The van der Waals surface area contributed by atoms with Crippen molar-refractivity contribution < 1.29 is 9.50 Å². The number of phenolic OH excluding ortho intramolecular Hbond substituents is 1. The van der Waals surface area contributed by atoms with Crippen LogP contribution in [0.4, 0.5) is 4.39 Å². The van der Waals surface area contributed by atoms with Crippen molar-refractivity contribution in [3.05, 3.63) is 48.5 Å². The van der Waals surface area contributed by atoms with Crippen molar-refractivity contribution in [2.24, 2.45) is 0 Å². The summed E-state index contributed by atoms with van der Waals surface area (Å²) in [5, 5.41) is 10.4. The van der Waals surface area contributed by atoms with E-state index in [4.69, 9.17) is 0 Å². The van der Waals surface area contributed by atoms with E-state index in [-0.39, 0.29) is 5.75 Å². The van der Waals surface area contributed by atoms with Gasteiger partial charge in [-0.3, -0.25) is 0 Å². The summed E-state index contributed by atoms with van der Waals surface area (Å²) in [5.74, 6) is -0.241. The molecule has 0 aliphatic heterocycles. The number of pyridine rings is 1. The molecule has 17 heavy (non-hydrogen) atoms. The number of fused-ring (bicyclic) bond motifs is 1. The summed E-state index contributed by atoms with van der Waals surface area (Å²) in [7, 11) is 0. The van der Waals surface area contributed by atoms with Gasteiger partial charge in [0.1, 0.15) is 5.75 Å². The Bertz CT molecular complexity index is 693. The molecule has 4 heteroatoms. The molecule has 3 rings (SSSR count). The van der Waals surface area contributed by atoms with Gasteiger partial charge >= 0.3 is 0 Å². The highest BCUT2D eigenvalue weighted by Crippen LogP contribution is 2.34. The molecule has 0 saturated carbocycles. The fraction of sp³-hybridized carbons (Fsp3) is 0. The first kappa shape index (κ1) is 10.2. The zero-order valence-electron chi connectivity index (χ0n) is 8.72. The fourth-order valence-electron chi connectivity index (χ4n) is 1.72. The molecule has 0 saturated heterocycles. The number of rotatable bonds is 1. The predicted molar refractivity (Wildman–Crippen MR) is 66.7 cm³/mol. The number of hydrogen-bond acceptors (Lipinski definition) is 3. The molecular formula is C13H8FNOS. The second kappa shape index (κ2) is 3.82. The van der Waals surface area contributed by atoms with Gasteiger partial charge in [-0.15, -0.1) is 11.3 Å². The van der Waals surface area contributed by atoms with Crippen LogP contribution >= 0.6 is 11.3 Å². The van der Waals surface area contributed by atoms with E-state index in [1.165, 1.54) is 23.6 Å². The maximum Gasteiger partial charge on any atom is 0.213 e. The Balaban J connectivity index is 2.18. The van der Waals surface area contributed by atoms with Gasteiger partial charge in [-0.25, -0.2) is 4.98 Å². The molecule has 0 atom stereocenters. The Morgan fingerprint density at radius 2 is 2.00 bits per heavy atom. The number of nitrogens with zero attached hydrogens (tertiary/aromatic N) is 1. The lowest BCUT2D eigenvalue weighted by atomic mass is 10.2. The molecule has 0 aliphatic rings. The first-order valence-corrected chi connectivity index (χ1v) is 5.88. The Morgan fingerprint density at radius 3 is 2.82 bits per heavy atom. The van der Waals surface area contributed by atoms with Crippen molar-refractivity contribution in [1.82, 2.24) is 4.98 Å². The highest BCUT2D eigenvalue weighted by atomic mass is 32.1. The Kier molecular flexibility index (Phi) is 2.30. The maximum absolute atomic E-state index is 13.0. The van der Waals surface area contributed by atoms with Crippen molar-refractivity contribution in [1.29, 1.82) is 0 Å². The van der Waals surface area contributed by atoms with Gasteiger partial charge in [0.05, 0.1) is 0 Å². The van der Waals surface area contributed by atoms with Gasteiger partial charge < -0.3 is 5.11 Å². The zero-order chi connectivity index (χ0) is 11.8. The third-order valence-electron chi connectivity index (χ3n) is 2.51. The number of benzene rings is 1. The molecule has 0 unspecified atom stereocenters. The van der Waals surface area contributed by atoms with Crippen LogP contribution in [-0.2, 0) is 0 Å². The molecule has 2 aromatic heterocycles. The van der Waals surface area contributed by atoms with Crippen LogP contribution in [0.25, 0.3) is 20.5 Å². The van der Waals surface area contributed by atoms with E-state index in [0.29, 0.717) is 0 Å². The molecule has 2 nitrogen and oxygen atoms in total. The second-order valence-corrected chi connectivity index (χ2v) is 4.78. The van der Waals surface area contributed by atoms with Crippen LogP contribution < -0.4 is 0 Å². The van der Waals surface area contributed by atoms with Crippen LogP contribution in [0.3, 0.4) is 0 Å². The summed E-state index contributed by atoms with van der Waals surface area (Å²) in [5.41, 5.74) is 0.804. The first-order valence-electron chi connectivity index (χ1n) is 5.07. The van der Waals surface area contributed by atoms with Crippen molar-refractivity contribution in [3.63, 3.8) is 0 Å². The van der Waals surface area contributed by atoms with E-state index >= 15 is 0 Å². The number of thiophene rings is 1. The maximum atomic E-state index is 13.0. The van der Waals surface area contributed by atoms with E-state index < -0.39 is 5.95 Å². The molecular weight excluding hydrogens is 236 g/mol. The van der Waals surface area contributed by atoms with Crippen LogP contribution in [0.5, 0.6) is 5.75 Å². The molecule has 1 N–H and O–H groups in total. The molecule has 0 aliphatic carbocycles. The van der Waals surface area contributed by atoms with E-state index in [1.807, 2.05) is 12.1 Å². The van der Waals surface area contributed by atoms with Crippen LogP contribution in [0.2, 0.25) is 0 Å². The summed E-state index contributed by atoms with van der Waals surface area (Å²) in [4.78, 5) is 4.50. The summed E-state index contributed by atoms with van der Waals surface area (Å²) < 4.78 is 14.0. The lowest BCUT2D eigenvalue weighted by Gasteiger charge is -1.95. The summed E-state index contributed by atoms with van der Waals surface area (Å²) >= 11 is 1.52. The molecule has 0 bridgehead atoms. The van der Waals surface area contributed by atoms with E-state index in [2.05, 4.69) is 4.98 Å². The predicted octanol–water partition coefficient (Wildman–Crippen LogP) is 3.81. The summed E-state index contributed by atoms with van der Waals surface area (Å²) in [6.45, 7) is 0. The second-order valence-electron chi connectivity index (χ2n) is 3.70. The van der Waals surface area contributed by atoms with E-state index in [1.54, 1.807) is 18.2 Å². The van der Waals surface area contributed by atoms with Crippen molar-refractivity contribution in [3.8, 4) is 16.2 Å². The van der Waals surface area contributed by atoms with Gasteiger partial charge in [-0.05, 0) is 41.3 Å². The Labute approximate surface area is 101 Å². The fourth-order valence-corrected chi connectivity index (χ4v) is 2.81. The minimum Gasteiger partial charge on any atom is -0.508 e. The number of phenols is 1. The minimum atomic E-state index is -0.484. The number of aromatic nitrogens is 1. The third kappa shape index (κ3) is 1.87. The topological polar surface area (TPSA) is 33.1 Å². The highest BCUT2D eigenvalue weighted by molar-refractivity contribution is 7.22. The number of aromatic hydroxyl groups is 1. The average molecular weight is 244 g/mol. The molecule has 84 valence electrons. The zero-order valence-corrected chi connectivity index (χ0v) is 9.54. The van der Waals surface area contributed by atoms with Gasteiger partial charge in [0, 0.05) is 21.8 Å². The molecule has 0 fully saturated rings. The quantitative estimate of drug-likeness (QED) is 0.660. The van der Waals surface area contributed by atoms with Gasteiger partial charge in [-0.2, -0.15) is 4.39 Å². The molecule has 2 heterocycles. The molecule has 3 aromatic rings. The molecule has 0 radical (unpaired) electrons. The van der Waals surface area contributed by atoms with Gasteiger partial charge in [0.25, 0.3) is 0 Å². The Morgan fingerprint density at radius 1 is 1.12 bits per heavy atom. The largest absolute Gasteiger partial charge is 0.508 e. The molecule has 0 amide bonds. The lowest BCUT2D eigenvalue weighted by molar-refractivity contribution is 0.476. The van der Waals surface area contributed by atoms with E-state index in [0.717, 1.165) is 20.5 Å². The van der Waals surface area contributed by atoms with Crippen molar-refractivity contribution in [2.75, 3.05) is 0 Å². The van der Waals surface area contributed by atoms with Crippen LogP contribution in [0.15, 0.2) is 42.6 Å². The summed E-state index contributed by atoms with van der Waals surface area (Å²) in [6.07, 6.45) is 1.45.